The predicted molar refractivity (Wildman–Crippen MR) is 246 cm³/mol. The smallest absolute Gasteiger partial charge is 0.306 e. The Morgan fingerprint density at radius 1 is 0.509 bits per heavy atom. The Kier molecular flexibility index (Phi) is 43.6. The largest absolute Gasteiger partial charge is 0.462 e. The van der Waals surface area contributed by atoms with Gasteiger partial charge < -0.3 is 20.3 Å². The van der Waals surface area contributed by atoms with Crippen molar-refractivity contribution >= 4 is 11.9 Å². The molecule has 0 rings (SSSR count). The van der Waals surface area contributed by atoms with E-state index in [2.05, 4.69) is 62.5 Å². The van der Waals surface area contributed by atoms with Crippen molar-refractivity contribution in [2.24, 2.45) is 0 Å². The lowest BCUT2D eigenvalue weighted by molar-refractivity contribution is -0.151. The van der Waals surface area contributed by atoms with Crippen molar-refractivity contribution in [1.82, 2.24) is 5.32 Å². The quantitative estimate of drug-likeness (QED) is 0.0247. The zero-order valence-corrected chi connectivity index (χ0v) is 38.0. The van der Waals surface area contributed by atoms with Gasteiger partial charge in [0.2, 0.25) is 5.91 Å². The Labute approximate surface area is 353 Å². The van der Waals surface area contributed by atoms with Crippen molar-refractivity contribution in [3.63, 3.8) is 0 Å². The fraction of sp³-hybridized carbons (Fsp3) is 0.843. The van der Waals surface area contributed by atoms with Gasteiger partial charge in [-0.15, -0.1) is 0 Å². The number of carbonyl (C=O) groups excluding carboxylic acids is 2. The molecule has 3 unspecified atom stereocenters. The Balaban J connectivity index is 4.63. The van der Waals surface area contributed by atoms with Gasteiger partial charge in [0.15, 0.2) is 0 Å². The van der Waals surface area contributed by atoms with Crippen LogP contribution in [0.3, 0.4) is 0 Å². The number of ether oxygens (including phenoxy) is 1. The highest BCUT2D eigenvalue weighted by atomic mass is 16.5. The third-order valence-corrected chi connectivity index (χ3v) is 11.2. The molecule has 0 saturated carbocycles. The molecule has 0 spiro atoms. The molecule has 0 heterocycles. The highest BCUT2D eigenvalue weighted by Crippen LogP contribution is 2.17. The molecule has 3 atom stereocenters. The van der Waals surface area contributed by atoms with Crippen molar-refractivity contribution in [3.8, 4) is 0 Å². The summed E-state index contributed by atoms with van der Waals surface area (Å²) in [5, 5.41) is 23.7. The van der Waals surface area contributed by atoms with E-state index in [-0.39, 0.29) is 24.9 Å². The number of hydrogen-bond acceptors (Lipinski definition) is 5. The van der Waals surface area contributed by atoms with Crippen LogP contribution in [0.2, 0.25) is 0 Å². The molecular formula is C51H95NO5. The van der Waals surface area contributed by atoms with Gasteiger partial charge in [-0.05, 0) is 77.0 Å². The molecule has 6 nitrogen and oxygen atoms in total. The Morgan fingerprint density at radius 2 is 0.895 bits per heavy atom. The Morgan fingerprint density at radius 3 is 1.39 bits per heavy atom. The molecule has 334 valence electrons. The zero-order valence-electron chi connectivity index (χ0n) is 38.0. The summed E-state index contributed by atoms with van der Waals surface area (Å²) in [5.74, 6) is -0.508. The van der Waals surface area contributed by atoms with Crippen molar-refractivity contribution in [2.75, 3.05) is 6.61 Å². The second-order valence-electron chi connectivity index (χ2n) is 16.9. The SMILES string of the molecule is CCCCC/C=C/C=C/CCCCCCC(CC(=O)NC(CO)C(O)CCCCCCCCCCCCCC)OC(=O)CCCCC/C=C\CCCCCCCC. The van der Waals surface area contributed by atoms with Gasteiger partial charge in [0.1, 0.15) is 6.10 Å². The van der Waals surface area contributed by atoms with Crippen molar-refractivity contribution < 1.29 is 24.5 Å². The number of carbonyl (C=O) groups is 2. The third kappa shape index (κ3) is 40.6. The van der Waals surface area contributed by atoms with Crippen LogP contribution < -0.4 is 5.32 Å². The first-order chi connectivity index (χ1) is 28.0. The van der Waals surface area contributed by atoms with Gasteiger partial charge in [-0.25, -0.2) is 0 Å². The number of aliphatic hydroxyl groups is 2. The first-order valence-corrected chi connectivity index (χ1v) is 24.7. The maximum absolute atomic E-state index is 13.2. The fourth-order valence-corrected chi connectivity index (χ4v) is 7.42. The minimum atomic E-state index is -0.793. The van der Waals surface area contributed by atoms with Crippen molar-refractivity contribution in [2.45, 2.75) is 270 Å². The van der Waals surface area contributed by atoms with Crippen molar-refractivity contribution in [3.05, 3.63) is 36.5 Å². The monoisotopic (exact) mass is 802 g/mol. The van der Waals surface area contributed by atoms with Crippen molar-refractivity contribution in [1.29, 1.82) is 0 Å². The fourth-order valence-electron chi connectivity index (χ4n) is 7.42. The lowest BCUT2D eigenvalue weighted by Gasteiger charge is -2.24. The number of nitrogens with one attached hydrogen (secondary N) is 1. The van der Waals surface area contributed by atoms with Gasteiger partial charge >= 0.3 is 5.97 Å². The minimum absolute atomic E-state index is 0.0598. The van der Waals surface area contributed by atoms with Crippen LogP contribution in [0.5, 0.6) is 0 Å². The van der Waals surface area contributed by atoms with E-state index in [1.807, 2.05) is 0 Å². The summed E-state index contributed by atoms with van der Waals surface area (Å²) in [6.07, 6.45) is 52.0. The molecular weight excluding hydrogens is 707 g/mol. The number of allylic oxidation sites excluding steroid dienone is 6. The van der Waals surface area contributed by atoms with Gasteiger partial charge in [0.05, 0.1) is 25.2 Å². The molecule has 57 heavy (non-hydrogen) atoms. The second kappa shape index (κ2) is 45.2. The van der Waals surface area contributed by atoms with E-state index in [1.165, 1.54) is 122 Å². The normalized spacial score (nSPS) is 13.6. The van der Waals surface area contributed by atoms with Crippen LogP contribution in [-0.2, 0) is 14.3 Å². The molecule has 3 N–H and O–H groups in total. The Bertz CT molecular complexity index is 946. The highest BCUT2D eigenvalue weighted by molar-refractivity contribution is 5.77. The van der Waals surface area contributed by atoms with Crippen LogP contribution in [0, 0.1) is 0 Å². The number of rotatable bonds is 44. The number of unbranched alkanes of at least 4 members (excludes halogenated alkanes) is 27. The summed E-state index contributed by atoms with van der Waals surface area (Å²) in [5.41, 5.74) is 0. The molecule has 0 aliphatic carbocycles. The van der Waals surface area contributed by atoms with Crippen LogP contribution in [-0.4, -0.2) is 46.9 Å². The molecule has 0 aliphatic heterocycles. The molecule has 0 aromatic heterocycles. The summed E-state index contributed by atoms with van der Waals surface area (Å²) >= 11 is 0. The highest BCUT2D eigenvalue weighted by Gasteiger charge is 2.24. The lowest BCUT2D eigenvalue weighted by atomic mass is 10.0. The van der Waals surface area contributed by atoms with E-state index in [0.29, 0.717) is 19.3 Å². The number of aliphatic hydroxyl groups excluding tert-OH is 2. The molecule has 6 heteroatoms. The van der Waals surface area contributed by atoms with E-state index in [9.17, 15) is 19.8 Å². The van der Waals surface area contributed by atoms with Crippen LogP contribution in [0.1, 0.15) is 252 Å². The van der Waals surface area contributed by atoms with Crippen LogP contribution in [0.25, 0.3) is 0 Å². The second-order valence-corrected chi connectivity index (χ2v) is 16.9. The maximum atomic E-state index is 13.2. The van der Waals surface area contributed by atoms with Gasteiger partial charge in [-0.1, -0.05) is 198 Å². The lowest BCUT2D eigenvalue weighted by Crippen LogP contribution is -2.46. The summed E-state index contributed by atoms with van der Waals surface area (Å²) in [4.78, 5) is 26.0. The molecule has 0 aliphatic rings. The topological polar surface area (TPSA) is 95.9 Å². The summed E-state index contributed by atoms with van der Waals surface area (Å²) in [6, 6.07) is -0.708. The van der Waals surface area contributed by atoms with E-state index in [4.69, 9.17) is 4.74 Å². The average Bonchev–Trinajstić information content (AvgIpc) is 3.20. The van der Waals surface area contributed by atoms with E-state index in [0.717, 1.165) is 83.5 Å². The molecule has 0 aromatic carbocycles. The minimum Gasteiger partial charge on any atom is -0.462 e. The van der Waals surface area contributed by atoms with Crippen LogP contribution in [0.15, 0.2) is 36.5 Å². The molecule has 0 bridgehead atoms. The molecule has 1 amide bonds. The Hall–Kier alpha value is -1.92. The summed E-state index contributed by atoms with van der Waals surface area (Å²) in [6.45, 7) is 6.43. The number of esters is 1. The summed E-state index contributed by atoms with van der Waals surface area (Å²) in [7, 11) is 0. The molecule has 0 radical (unpaired) electrons. The molecule has 0 aromatic rings. The molecule has 0 fully saturated rings. The standard InChI is InChI=1S/C51H95NO5/c1-4-7-10-13-16-19-22-25-27-30-33-36-39-42-47(57-51(56)44-41-38-35-32-29-26-23-20-17-14-11-8-5-2)45-50(55)52-48(46-53)49(54)43-40-37-34-31-28-24-21-18-15-12-9-6-3/h16,19,22,25-26,29,47-49,53-54H,4-15,17-18,20-21,23-24,27-28,30-46H2,1-3H3,(H,52,55)/b19-16+,25-22+,29-26-. The number of amides is 1. The average molecular weight is 802 g/mol. The first kappa shape index (κ1) is 55.1. The number of hydrogen-bond donors (Lipinski definition) is 3. The van der Waals surface area contributed by atoms with E-state index < -0.39 is 18.2 Å². The predicted octanol–water partition coefficient (Wildman–Crippen LogP) is 14.5. The molecule has 0 saturated heterocycles. The third-order valence-electron chi connectivity index (χ3n) is 11.2. The van der Waals surface area contributed by atoms with Crippen LogP contribution in [0.4, 0.5) is 0 Å². The maximum Gasteiger partial charge on any atom is 0.306 e. The van der Waals surface area contributed by atoms with E-state index >= 15 is 0 Å². The zero-order chi connectivity index (χ0) is 41.7. The van der Waals surface area contributed by atoms with Gasteiger partial charge in [0, 0.05) is 6.42 Å². The first-order valence-electron chi connectivity index (χ1n) is 24.7. The van der Waals surface area contributed by atoms with Gasteiger partial charge in [-0.2, -0.15) is 0 Å². The summed E-state index contributed by atoms with van der Waals surface area (Å²) < 4.78 is 5.90. The van der Waals surface area contributed by atoms with Gasteiger partial charge in [-0.3, -0.25) is 9.59 Å². The van der Waals surface area contributed by atoms with E-state index in [1.54, 1.807) is 0 Å². The van der Waals surface area contributed by atoms with Gasteiger partial charge in [0.25, 0.3) is 0 Å². The van der Waals surface area contributed by atoms with Crippen LogP contribution >= 0.6 is 0 Å².